The van der Waals surface area contributed by atoms with Gasteiger partial charge in [0.15, 0.2) is 0 Å². The molecule has 0 saturated carbocycles. The van der Waals surface area contributed by atoms with Crippen LogP contribution < -0.4 is 27.2 Å². The van der Waals surface area contributed by atoms with E-state index in [0.717, 1.165) is 4.57 Å². The predicted octanol–water partition coefficient (Wildman–Crippen LogP) is 2.14. The average Bonchev–Trinajstić information content (AvgIpc) is 3.36. The maximum Gasteiger partial charge on any atom is 0.331 e. The van der Waals surface area contributed by atoms with Crippen molar-refractivity contribution in [2.24, 2.45) is 11.8 Å². The molecule has 2 amide bonds. The number of nitrogens with zero attached hydrogens (tertiary/aromatic N) is 3. The summed E-state index contributed by atoms with van der Waals surface area (Å²) in [5.74, 6) is -2.00. The van der Waals surface area contributed by atoms with Crippen molar-refractivity contribution in [2.45, 2.75) is 26.9 Å². The summed E-state index contributed by atoms with van der Waals surface area (Å²) >= 11 is 6.05. The van der Waals surface area contributed by atoms with Crippen LogP contribution in [-0.4, -0.2) is 34.0 Å². The number of aromatic nitrogens is 2. The number of anilines is 2. The summed E-state index contributed by atoms with van der Waals surface area (Å²) in [6, 6.07) is 11.4. The lowest BCUT2D eigenvalue weighted by Crippen LogP contribution is -2.39. The highest BCUT2D eigenvalue weighted by molar-refractivity contribution is 6.32. The van der Waals surface area contributed by atoms with Crippen LogP contribution in [0.5, 0.6) is 0 Å². The quantitative estimate of drug-likeness (QED) is 0.466. The highest BCUT2D eigenvalue weighted by Gasteiger charge is 2.38. The summed E-state index contributed by atoms with van der Waals surface area (Å²) in [6.07, 6.45) is 0. The van der Waals surface area contributed by atoms with E-state index in [1.54, 1.807) is 31.2 Å². The molecule has 0 unspecified atom stereocenters. The molecule has 1 saturated heterocycles. The average molecular weight is 509 g/mol. The number of hydrogen-bond acceptors (Lipinski definition) is 6. The number of aryl methyl sites for hydroxylation is 1. The fourth-order valence-electron chi connectivity index (χ4n) is 4.47. The van der Waals surface area contributed by atoms with Gasteiger partial charge in [-0.05, 0) is 50.2 Å². The molecule has 0 radical (unpaired) electrons. The molecular weight excluding hydrogens is 484 g/mol. The lowest BCUT2D eigenvalue weighted by molar-refractivity contribution is -0.127. The van der Waals surface area contributed by atoms with Gasteiger partial charge in [-0.3, -0.25) is 23.5 Å². The Bertz CT molecular complexity index is 1520. The Morgan fingerprint density at radius 1 is 1.00 bits per heavy atom. The minimum Gasteiger partial charge on any atom is -0.326 e. The molecule has 2 heterocycles. The van der Waals surface area contributed by atoms with E-state index in [9.17, 15) is 19.2 Å². The Kier molecular flexibility index (Phi) is 7.24. The van der Waals surface area contributed by atoms with Crippen molar-refractivity contribution in [2.75, 3.05) is 23.7 Å². The number of nitrogens with one attached hydrogen (secondary N) is 3. The molecule has 1 fully saturated rings. The molecule has 186 valence electrons. The van der Waals surface area contributed by atoms with Gasteiger partial charge in [0.2, 0.25) is 11.8 Å². The zero-order valence-electron chi connectivity index (χ0n) is 19.8. The SMILES string of the molecule is CCn1c(=O)c2cc(NC(=O)[C@@H]3CNC[C@@H]3C(=O)Nc3ccc(C#N)c(Cl)c3)ccc2n(CC)c1=O. The summed E-state index contributed by atoms with van der Waals surface area (Å²) in [5.41, 5.74) is 0.836. The molecule has 4 rings (SSSR count). The van der Waals surface area contributed by atoms with Gasteiger partial charge in [0.25, 0.3) is 5.56 Å². The largest absolute Gasteiger partial charge is 0.331 e. The first kappa shape index (κ1) is 25.2. The second-order valence-electron chi connectivity index (χ2n) is 8.46. The van der Waals surface area contributed by atoms with Crippen molar-refractivity contribution >= 4 is 45.7 Å². The number of fused-ring (bicyclic) bond motifs is 1. The number of carbonyl (C=O) groups is 2. The third kappa shape index (κ3) is 4.63. The zero-order valence-corrected chi connectivity index (χ0v) is 20.6. The summed E-state index contributed by atoms with van der Waals surface area (Å²) in [4.78, 5) is 51.5. The van der Waals surface area contributed by atoms with Crippen LogP contribution in [-0.2, 0) is 22.7 Å². The van der Waals surface area contributed by atoms with E-state index in [1.807, 2.05) is 13.0 Å². The van der Waals surface area contributed by atoms with Gasteiger partial charge in [-0.2, -0.15) is 5.26 Å². The van der Waals surface area contributed by atoms with Crippen LogP contribution in [0.2, 0.25) is 5.02 Å². The van der Waals surface area contributed by atoms with Gasteiger partial charge < -0.3 is 16.0 Å². The normalized spacial score (nSPS) is 17.1. The molecule has 11 heteroatoms. The van der Waals surface area contributed by atoms with Gasteiger partial charge in [0.05, 0.1) is 33.3 Å². The lowest BCUT2D eigenvalue weighted by Gasteiger charge is -2.18. The molecule has 2 atom stereocenters. The number of amides is 2. The molecule has 10 nitrogen and oxygen atoms in total. The molecule has 1 aliphatic rings. The Hall–Kier alpha value is -3.94. The van der Waals surface area contributed by atoms with Crippen LogP contribution >= 0.6 is 11.6 Å². The molecule has 1 aliphatic heterocycles. The molecule has 0 aliphatic carbocycles. The number of benzene rings is 2. The van der Waals surface area contributed by atoms with E-state index in [4.69, 9.17) is 16.9 Å². The molecule has 36 heavy (non-hydrogen) atoms. The number of carbonyl (C=O) groups excluding carboxylic acids is 2. The van der Waals surface area contributed by atoms with Crippen molar-refractivity contribution in [1.29, 1.82) is 5.26 Å². The maximum absolute atomic E-state index is 13.1. The van der Waals surface area contributed by atoms with Gasteiger partial charge in [-0.1, -0.05) is 11.6 Å². The molecule has 3 aromatic rings. The zero-order chi connectivity index (χ0) is 26.0. The first-order valence-corrected chi connectivity index (χ1v) is 12.0. The Morgan fingerprint density at radius 2 is 1.58 bits per heavy atom. The second kappa shape index (κ2) is 10.4. The van der Waals surface area contributed by atoms with E-state index in [-0.39, 0.29) is 29.1 Å². The standard InChI is InChI=1S/C25H25ClN6O4/c1-3-31-21-8-7-15(9-17(21)24(35)32(4-2)25(31)36)29-22(33)18-12-28-13-19(18)23(34)30-16-6-5-14(11-27)20(26)10-16/h5-10,18-19,28H,3-4,12-13H2,1-2H3,(H,29,33)(H,30,34)/t18-,19+/m1/s1. The van der Waals surface area contributed by atoms with Crippen LogP contribution in [0.3, 0.4) is 0 Å². The van der Waals surface area contributed by atoms with E-state index in [1.165, 1.54) is 16.7 Å². The van der Waals surface area contributed by atoms with E-state index < -0.39 is 17.4 Å². The maximum atomic E-state index is 13.1. The van der Waals surface area contributed by atoms with Crippen LogP contribution in [0.4, 0.5) is 11.4 Å². The molecule has 2 aromatic carbocycles. The molecule has 3 N–H and O–H groups in total. The fraction of sp³-hybridized carbons (Fsp3) is 0.320. The number of nitriles is 1. The van der Waals surface area contributed by atoms with Crippen molar-refractivity contribution in [3.63, 3.8) is 0 Å². The Morgan fingerprint density at radius 3 is 2.14 bits per heavy atom. The molecular formula is C25H25ClN6O4. The van der Waals surface area contributed by atoms with E-state index >= 15 is 0 Å². The summed E-state index contributed by atoms with van der Waals surface area (Å²) in [7, 11) is 0. The fourth-order valence-corrected chi connectivity index (χ4v) is 4.69. The van der Waals surface area contributed by atoms with Gasteiger partial charge in [-0.15, -0.1) is 0 Å². The third-order valence-corrected chi connectivity index (χ3v) is 6.68. The smallest absolute Gasteiger partial charge is 0.326 e. The van der Waals surface area contributed by atoms with Crippen LogP contribution in [0.15, 0.2) is 46.0 Å². The summed E-state index contributed by atoms with van der Waals surface area (Å²) < 4.78 is 2.68. The van der Waals surface area contributed by atoms with Crippen LogP contribution in [0, 0.1) is 23.2 Å². The number of hydrogen-bond donors (Lipinski definition) is 3. The van der Waals surface area contributed by atoms with Gasteiger partial charge in [-0.25, -0.2) is 4.79 Å². The van der Waals surface area contributed by atoms with Crippen molar-refractivity contribution < 1.29 is 9.59 Å². The number of halogens is 1. The predicted molar refractivity (Wildman–Crippen MR) is 137 cm³/mol. The van der Waals surface area contributed by atoms with Crippen LogP contribution in [0.25, 0.3) is 10.9 Å². The van der Waals surface area contributed by atoms with Crippen LogP contribution in [0.1, 0.15) is 19.4 Å². The highest BCUT2D eigenvalue weighted by Crippen LogP contribution is 2.25. The van der Waals surface area contributed by atoms with Crippen molar-refractivity contribution in [1.82, 2.24) is 14.5 Å². The third-order valence-electron chi connectivity index (χ3n) is 6.37. The summed E-state index contributed by atoms with van der Waals surface area (Å²) in [5, 5.41) is 18.2. The summed E-state index contributed by atoms with van der Waals surface area (Å²) in [6.45, 7) is 4.81. The number of rotatable bonds is 6. The minimum absolute atomic E-state index is 0.223. The minimum atomic E-state index is -0.647. The Balaban J connectivity index is 1.55. The second-order valence-corrected chi connectivity index (χ2v) is 8.87. The highest BCUT2D eigenvalue weighted by atomic mass is 35.5. The van der Waals surface area contributed by atoms with Gasteiger partial charge in [0.1, 0.15) is 6.07 Å². The van der Waals surface area contributed by atoms with E-state index in [0.29, 0.717) is 47.5 Å². The lowest BCUT2D eigenvalue weighted by atomic mass is 9.94. The molecule has 1 aromatic heterocycles. The molecule has 0 bridgehead atoms. The van der Waals surface area contributed by atoms with E-state index in [2.05, 4.69) is 16.0 Å². The first-order valence-electron chi connectivity index (χ1n) is 11.6. The first-order chi connectivity index (χ1) is 17.3. The molecule has 0 spiro atoms. The topological polar surface area (TPSA) is 138 Å². The van der Waals surface area contributed by atoms with Gasteiger partial charge >= 0.3 is 5.69 Å². The Labute approximate surface area is 211 Å². The van der Waals surface area contributed by atoms with Gasteiger partial charge in [0, 0.05) is 37.6 Å². The van der Waals surface area contributed by atoms with Crippen molar-refractivity contribution in [3.05, 3.63) is 67.8 Å². The van der Waals surface area contributed by atoms with Crippen molar-refractivity contribution in [3.8, 4) is 6.07 Å². The monoisotopic (exact) mass is 508 g/mol.